The van der Waals surface area contributed by atoms with E-state index < -0.39 is 0 Å². The van der Waals surface area contributed by atoms with Gasteiger partial charge in [0.15, 0.2) is 0 Å². The molecule has 0 atom stereocenters. The Morgan fingerprint density at radius 3 is 2.42 bits per heavy atom. The summed E-state index contributed by atoms with van der Waals surface area (Å²) < 4.78 is 0. The molecule has 0 amide bonds. The molecule has 0 bridgehead atoms. The van der Waals surface area contributed by atoms with Crippen molar-refractivity contribution >= 4 is 28.7 Å². The molecular weight excluding hydrogens is 300 g/mol. The molecule has 0 aliphatic rings. The number of hydrogen-bond acceptors (Lipinski definition) is 5. The van der Waals surface area contributed by atoms with Crippen LogP contribution in [-0.4, -0.2) is 25.4 Å². The third kappa shape index (κ3) is 4.54. The van der Waals surface area contributed by atoms with Crippen molar-refractivity contribution in [1.82, 2.24) is 10.3 Å². The van der Waals surface area contributed by atoms with Crippen LogP contribution in [0, 0.1) is 0 Å². The molecule has 0 saturated heterocycles. The number of nitrogen functional groups attached to an aromatic ring is 1. The highest BCUT2D eigenvalue weighted by Gasteiger charge is 2.03. The molecule has 3 aromatic rings. The van der Waals surface area contributed by atoms with E-state index in [1.807, 2.05) is 38.4 Å². The van der Waals surface area contributed by atoms with Crippen LogP contribution < -0.4 is 16.4 Å². The summed E-state index contributed by atoms with van der Waals surface area (Å²) in [4.78, 5) is 14.3. The van der Waals surface area contributed by atoms with Crippen molar-refractivity contribution in [2.75, 3.05) is 25.1 Å². The van der Waals surface area contributed by atoms with Gasteiger partial charge in [-0.15, -0.1) is 0 Å². The number of benzene rings is 2. The number of aldehydes is 1. The van der Waals surface area contributed by atoms with Crippen molar-refractivity contribution in [1.29, 1.82) is 0 Å². The maximum Gasteiger partial charge on any atom is 0.150 e. The molecule has 5 heteroatoms. The van der Waals surface area contributed by atoms with Crippen molar-refractivity contribution in [3.63, 3.8) is 0 Å². The summed E-state index contributed by atoms with van der Waals surface area (Å²) in [6, 6.07) is 17.3. The summed E-state index contributed by atoms with van der Waals surface area (Å²) in [6.07, 6.45) is 0.833. The molecule has 0 unspecified atom stereocenters. The van der Waals surface area contributed by atoms with Gasteiger partial charge in [0.25, 0.3) is 0 Å². The van der Waals surface area contributed by atoms with E-state index in [1.165, 1.54) is 5.56 Å². The molecule has 2 aromatic carbocycles. The summed E-state index contributed by atoms with van der Waals surface area (Å²) in [5, 5.41) is 8.23. The van der Waals surface area contributed by atoms with E-state index in [4.69, 9.17) is 5.73 Å². The Kier molecular flexibility index (Phi) is 6.28. The lowest BCUT2D eigenvalue weighted by molar-refractivity contribution is 0.112. The standard InChI is InChI=1S/C12H16N4.C7H6O/c1-14-7-8-3-4-9-6-11(15-2)16-12(13)10(9)5-8;8-6-7-4-2-1-3-5-7/h3-6,14H,7H2,1-2H3,(H3,13,15,16);1-6H. The topological polar surface area (TPSA) is 80.0 Å². The number of aromatic nitrogens is 1. The van der Waals surface area contributed by atoms with E-state index in [2.05, 4.69) is 33.8 Å². The molecule has 0 aliphatic heterocycles. The van der Waals surface area contributed by atoms with E-state index in [9.17, 15) is 4.79 Å². The van der Waals surface area contributed by atoms with Gasteiger partial charge in [-0.1, -0.05) is 42.5 Å². The molecule has 1 aromatic heterocycles. The first-order chi connectivity index (χ1) is 11.7. The molecule has 5 nitrogen and oxygen atoms in total. The van der Waals surface area contributed by atoms with Crippen LogP contribution in [0.3, 0.4) is 0 Å². The number of anilines is 2. The number of nitrogens with one attached hydrogen (secondary N) is 2. The largest absolute Gasteiger partial charge is 0.383 e. The average Bonchev–Trinajstić information content (AvgIpc) is 2.63. The first-order valence-corrected chi connectivity index (χ1v) is 7.69. The molecule has 0 fully saturated rings. The number of carbonyl (C=O) groups excluding carboxylic acids is 1. The van der Waals surface area contributed by atoms with Crippen LogP contribution in [0.5, 0.6) is 0 Å². The third-order valence-corrected chi connectivity index (χ3v) is 3.50. The zero-order valence-electron chi connectivity index (χ0n) is 13.9. The number of pyridine rings is 1. The number of nitrogens with zero attached hydrogens (tertiary/aromatic N) is 1. The number of hydrogen-bond donors (Lipinski definition) is 3. The highest BCUT2D eigenvalue weighted by atomic mass is 16.1. The fraction of sp³-hybridized carbons (Fsp3) is 0.158. The number of carbonyl (C=O) groups is 1. The summed E-state index contributed by atoms with van der Waals surface area (Å²) in [5.74, 6) is 1.37. The zero-order valence-corrected chi connectivity index (χ0v) is 13.9. The van der Waals surface area contributed by atoms with E-state index >= 15 is 0 Å². The Balaban J connectivity index is 0.000000219. The summed E-state index contributed by atoms with van der Waals surface area (Å²) in [5.41, 5.74) is 7.86. The van der Waals surface area contributed by atoms with Crippen LogP contribution in [0.2, 0.25) is 0 Å². The van der Waals surface area contributed by atoms with Crippen molar-refractivity contribution in [3.8, 4) is 0 Å². The minimum atomic E-state index is 0.569. The summed E-state index contributed by atoms with van der Waals surface area (Å²) in [7, 11) is 3.76. The first-order valence-electron chi connectivity index (χ1n) is 7.69. The molecule has 124 valence electrons. The Hall–Kier alpha value is -2.92. The fourth-order valence-electron chi connectivity index (χ4n) is 2.29. The van der Waals surface area contributed by atoms with Crippen LogP contribution in [-0.2, 0) is 6.54 Å². The van der Waals surface area contributed by atoms with Crippen LogP contribution >= 0.6 is 0 Å². The number of fused-ring (bicyclic) bond motifs is 1. The van der Waals surface area contributed by atoms with Crippen molar-refractivity contribution in [3.05, 3.63) is 65.7 Å². The highest BCUT2D eigenvalue weighted by Crippen LogP contribution is 2.23. The lowest BCUT2D eigenvalue weighted by Crippen LogP contribution is -2.05. The Morgan fingerprint density at radius 2 is 1.83 bits per heavy atom. The first kappa shape index (κ1) is 17.4. The highest BCUT2D eigenvalue weighted by molar-refractivity contribution is 5.93. The van der Waals surface area contributed by atoms with Gasteiger partial charge in [0.05, 0.1) is 0 Å². The molecule has 0 saturated carbocycles. The lowest BCUT2D eigenvalue weighted by Gasteiger charge is -2.07. The second-order valence-corrected chi connectivity index (χ2v) is 5.26. The molecule has 3 rings (SSSR count). The van der Waals surface area contributed by atoms with E-state index in [0.717, 1.165) is 35.0 Å². The summed E-state index contributed by atoms with van der Waals surface area (Å²) in [6.45, 7) is 0.836. The Labute approximate surface area is 141 Å². The molecule has 0 radical (unpaired) electrons. The van der Waals surface area contributed by atoms with Gasteiger partial charge in [0.1, 0.15) is 17.9 Å². The van der Waals surface area contributed by atoms with Crippen LogP contribution in [0.4, 0.5) is 11.6 Å². The van der Waals surface area contributed by atoms with Gasteiger partial charge in [-0.25, -0.2) is 4.98 Å². The smallest absolute Gasteiger partial charge is 0.150 e. The molecule has 0 aliphatic carbocycles. The number of rotatable bonds is 4. The fourth-order valence-corrected chi connectivity index (χ4v) is 2.29. The van der Waals surface area contributed by atoms with E-state index in [-0.39, 0.29) is 0 Å². The Bertz CT molecular complexity index is 803. The molecule has 24 heavy (non-hydrogen) atoms. The Morgan fingerprint density at radius 1 is 1.08 bits per heavy atom. The minimum Gasteiger partial charge on any atom is -0.383 e. The van der Waals surface area contributed by atoms with Gasteiger partial charge in [-0.2, -0.15) is 0 Å². The van der Waals surface area contributed by atoms with Gasteiger partial charge < -0.3 is 16.4 Å². The predicted molar refractivity (Wildman–Crippen MR) is 100 cm³/mol. The molecular formula is C19H22N4O. The third-order valence-electron chi connectivity index (χ3n) is 3.50. The monoisotopic (exact) mass is 322 g/mol. The van der Waals surface area contributed by atoms with Crippen molar-refractivity contribution < 1.29 is 4.79 Å². The van der Waals surface area contributed by atoms with Crippen LogP contribution in [0.1, 0.15) is 15.9 Å². The van der Waals surface area contributed by atoms with Gasteiger partial charge >= 0.3 is 0 Å². The van der Waals surface area contributed by atoms with Crippen molar-refractivity contribution in [2.45, 2.75) is 6.54 Å². The van der Waals surface area contributed by atoms with Crippen LogP contribution in [0.15, 0.2) is 54.6 Å². The van der Waals surface area contributed by atoms with Gasteiger partial charge in [-0.05, 0) is 30.1 Å². The normalized spacial score (nSPS) is 9.92. The molecule has 1 heterocycles. The average molecular weight is 322 g/mol. The predicted octanol–water partition coefficient (Wildman–Crippen LogP) is 3.08. The van der Waals surface area contributed by atoms with E-state index in [0.29, 0.717) is 5.82 Å². The van der Waals surface area contributed by atoms with E-state index in [1.54, 1.807) is 12.1 Å². The number of nitrogens with two attached hydrogens (primary N) is 1. The minimum absolute atomic E-state index is 0.569. The van der Waals surface area contributed by atoms with Crippen molar-refractivity contribution in [2.24, 2.45) is 0 Å². The van der Waals surface area contributed by atoms with Crippen LogP contribution in [0.25, 0.3) is 10.8 Å². The second-order valence-electron chi connectivity index (χ2n) is 5.26. The lowest BCUT2D eigenvalue weighted by atomic mass is 10.1. The van der Waals surface area contributed by atoms with Gasteiger partial charge in [-0.3, -0.25) is 4.79 Å². The quantitative estimate of drug-likeness (QED) is 0.643. The molecule has 0 spiro atoms. The zero-order chi connectivity index (χ0) is 17.4. The summed E-state index contributed by atoms with van der Waals surface area (Å²) >= 11 is 0. The molecule has 4 N–H and O–H groups in total. The van der Waals surface area contributed by atoms with Gasteiger partial charge in [0.2, 0.25) is 0 Å². The maximum atomic E-state index is 10.0. The SMILES string of the molecule is CNCc1ccc2cc(NC)nc(N)c2c1.O=Cc1ccccc1. The maximum absolute atomic E-state index is 10.0. The second kappa shape index (κ2) is 8.64. The van der Waals surface area contributed by atoms with Gasteiger partial charge in [0, 0.05) is 24.5 Å².